The van der Waals surface area contributed by atoms with Crippen LogP contribution < -0.4 is 11.1 Å². The number of hydrogen-bond donors (Lipinski definition) is 3. The van der Waals surface area contributed by atoms with E-state index in [1.807, 2.05) is 6.92 Å². The molecule has 0 bridgehead atoms. The Kier molecular flexibility index (Phi) is 3.10. The van der Waals surface area contributed by atoms with Crippen LogP contribution in [0.1, 0.15) is 6.92 Å². The van der Waals surface area contributed by atoms with Crippen molar-refractivity contribution < 1.29 is 19.4 Å². The molecule has 0 aromatic rings. The van der Waals surface area contributed by atoms with E-state index in [-0.39, 0.29) is 19.2 Å². The molecular weight excluding hydrogens is 214 g/mol. The van der Waals surface area contributed by atoms with E-state index in [1.54, 1.807) is 6.20 Å². The first-order valence-electron chi connectivity index (χ1n) is 5.02. The first-order valence-corrected chi connectivity index (χ1v) is 5.02. The summed E-state index contributed by atoms with van der Waals surface area (Å²) in [5.41, 5.74) is 6.47. The average Bonchev–Trinajstić information content (AvgIpc) is 2.71. The van der Waals surface area contributed by atoms with Gasteiger partial charge in [0.05, 0.1) is 13.2 Å². The smallest absolute Gasteiger partial charge is 0.325 e. The molecule has 7 heteroatoms. The fraction of sp³-hybridized carbons (Fsp3) is 0.667. The molecule has 2 rings (SSSR count). The lowest BCUT2D eigenvalue weighted by molar-refractivity contribution is -0.102. The van der Waals surface area contributed by atoms with Gasteiger partial charge in [-0.25, -0.2) is 4.79 Å². The minimum Gasteiger partial charge on any atom is -0.391 e. The zero-order valence-electron chi connectivity index (χ0n) is 8.92. The summed E-state index contributed by atoms with van der Waals surface area (Å²) < 4.78 is 10.4. The van der Waals surface area contributed by atoms with E-state index < -0.39 is 18.7 Å². The highest BCUT2D eigenvalue weighted by atomic mass is 16.7. The maximum atomic E-state index is 11.6. The molecule has 0 spiro atoms. The van der Waals surface area contributed by atoms with Gasteiger partial charge in [0.2, 0.25) is 0 Å². The van der Waals surface area contributed by atoms with Crippen molar-refractivity contribution in [1.82, 2.24) is 10.2 Å². The molecule has 3 atom stereocenters. The summed E-state index contributed by atoms with van der Waals surface area (Å²) in [6.07, 6.45) is -0.00139. The minimum atomic E-state index is -0.665. The van der Waals surface area contributed by atoms with Crippen molar-refractivity contribution in [2.24, 2.45) is 5.73 Å². The van der Waals surface area contributed by atoms with Gasteiger partial charge < -0.3 is 25.6 Å². The molecule has 0 saturated carbocycles. The molecule has 2 aliphatic heterocycles. The predicted octanol–water partition coefficient (Wildman–Crippen LogP) is -1.11. The van der Waals surface area contributed by atoms with E-state index in [4.69, 9.17) is 20.3 Å². The van der Waals surface area contributed by atoms with E-state index in [0.29, 0.717) is 0 Å². The zero-order chi connectivity index (χ0) is 11.7. The van der Waals surface area contributed by atoms with Gasteiger partial charge in [0.25, 0.3) is 0 Å². The summed E-state index contributed by atoms with van der Waals surface area (Å²) in [4.78, 5) is 13.0. The standard InChI is InChI=1S/C9H15N3O4/c1-5-2-12(9(14)11-8(5)10)6-4-15-7(3-13)16-6/h2,6-8,13H,3-4,10H2,1H3,(H,11,14). The maximum Gasteiger partial charge on any atom is 0.325 e. The van der Waals surface area contributed by atoms with E-state index in [9.17, 15) is 4.79 Å². The van der Waals surface area contributed by atoms with E-state index in [2.05, 4.69) is 5.32 Å². The molecule has 4 N–H and O–H groups in total. The highest BCUT2D eigenvalue weighted by molar-refractivity contribution is 5.77. The van der Waals surface area contributed by atoms with Crippen LogP contribution in [0.5, 0.6) is 0 Å². The number of hydrogen-bond acceptors (Lipinski definition) is 5. The van der Waals surface area contributed by atoms with Crippen molar-refractivity contribution >= 4 is 6.03 Å². The van der Waals surface area contributed by atoms with Crippen LogP contribution in [0.3, 0.4) is 0 Å². The van der Waals surface area contributed by atoms with E-state index in [0.717, 1.165) is 5.57 Å². The van der Waals surface area contributed by atoms with Gasteiger partial charge >= 0.3 is 6.03 Å². The van der Waals surface area contributed by atoms with Gasteiger partial charge in [0, 0.05) is 6.20 Å². The van der Waals surface area contributed by atoms with Crippen LogP contribution in [0.25, 0.3) is 0 Å². The Bertz CT molecular complexity index is 320. The lowest BCUT2D eigenvalue weighted by Gasteiger charge is -2.31. The fourth-order valence-electron chi connectivity index (χ4n) is 1.58. The topological polar surface area (TPSA) is 97.0 Å². The minimum absolute atomic E-state index is 0.228. The summed E-state index contributed by atoms with van der Waals surface area (Å²) in [6.45, 7) is 1.82. The van der Waals surface area contributed by atoms with Crippen LogP contribution in [0.15, 0.2) is 11.8 Å². The SMILES string of the molecule is CC1=CN(C2COC(CO)O2)C(=O)NC1N. The molecule has 2 aliphatic rings. The van der Waals surface area contributed by atoms with Crippen LogP contribution in [-0.4, -0.2) is 47.9 Å². The van der Waals surface area contributed by atoms with Crippen molar-refractivity contribution in [2.75, 3.05) is 13.2 Å². The Hall–Kier alpha value is -1.15. The van der Waals surface area contributed by atoms with Crippen LogP contribution in [0, 0.1) is 0 Å². The van der Waals surface area contributed by atoms with Gasteiger partial charge in [-0.3, -0.25) is 4.90 Å². The highest BCUT2D eigenvalue weighted by Gasteiger charge is 2.34. The molecule has 2 heterocycles. The molecule has 16 heavy (non-hydrogen) atoms. The molecule has 0 aliphatic carbocycles. The number of rotatable bonds is 2. The molecule has 0 aromatic carbocycles. The largest absolute Gasteiger partial charge is 0.391 e. The molecule has 1 fully saturated rings. The van der Waals surface area contributed by atoms with Gasteiger partial charge in [-0.1, -0.05) is 0 Å². The Morgan fingerprint density at radius 2 is 2.50 bits per heavy atom. The van der Waals surface area contributed by atoms with E-state index in [1.165, 1.54) is 4.90 Å². The normalized spacial score (nSPS) is 34.9. The second-order valence-electron chi connectivity index (χ2n) is 3.74. The quantitative estimate of drug-likeness (QED) is 0.558. The molecule has 90 valence electrons. The lowest BCUT2D eigenvalue weighted by Crippen LogP contribution is -2.54. The summed E-state index contributed by atoms with van der Waals surface area (Å²) in [5.74, 6) is 0. The van der Waals surface area contributed by atoms with Gasteiger partial charge in [-0.15, -0.1) is 0 Å². The second kappa shape index (κ2) is 4.38. The second-order valence-corrected chi connectivity index (χ2v) is 3.74. The highest BCUT2D eigenvalue weighted by Crippen LogP contribution is 2.19. The lowest BCUT2D eigenvalue weighted by atomic mass is 10.2. The van der Waals surface area contributed by atoms with Crippen molar-refractivity contribution in [3.05, 3.63) is 11.8 Å². The molecule has 0 aromatic heterocycles. The molecule has 2 amide bonds. The third-order valence-electron chi connectivity index (χ3n) is 2.54. The average molecular weight is 229 g/mol. The van der Waals surface area contributed by atoms with Crippen molar-refractivity contribution in [2.45, 2.75) is 25.6 Å². The number of aliphatic hydroxyl groups excluding tert-OH is 1. The van der Waals surface area contributed by atoms with Crippen molar-refractivity contribution in [1.29, 1.82) is 0 Å². The van der Waals surface area contributed by atoms with Gasteiger partial charge in [0.15, 0.2) is 12.5 Å². The maximum absolute atomic E-state index is 11.6. The first-order chi connectivity index (χ1) is 7.61. The number of ether oxygens (including phenoxy) is 2. The van der Waals surface area contributed by atoms with Gasteiger partial charge in [0.1, 0.15) is 6.17 Å². The molecule has 1 saturated heterocycles. The van der Waals surface area contributed by atoms with Crippen LogP contribution in [0.4, 0.5) is 4.79 Å². The Labute approximate surface area is 92.8 Å². The Balaban J connectivity index is 2.07. The fourth-order valence-corrected chi connectivity index (χ4v) is 1.58. The van der Waals surface area contributed by atoms with Crippen LogP contribution in [-0.2, 0) is 9.47 Å². The predicted molar refractivity (Wildman–Crippen MR) is 53.8 cm³/mol. The number of nitrogens with zero attached hydrogens (tertiary/aromatic N) is 1. The summed E-state index contributed by atoms with van der Waals surface area (Å²) in [5, 5.41) is 11.4. The van der Waals surface area contributed by atoms with Crippen molar-refractivity contribution in [3.63, 3.8) is 0 Å². The summed E-state index contributed by atoms with van der Waals surface area (Å²) >= 11 is 0. The molecular formula is C9H15N3O4. The number of nitrogens with one attached hydrogen (secondary N) is 1. The summed E-state index contributed by atoms with van der Waals surface area (Å²) in [6, 6.07) is -0.328. The first kappa shape index (κ1) is 11.3. The third-order valence-corrected chi connectivity index (χ3v) is 2.54. The number of urea groups is 1. The number of carbonyl (C=O) groups excluding carboxylic acids is 1. The number of carbonyl (C=O) groups is 1. The molecule has 3 unspecified atom stereocenters. The molecule has 7 nitrogen and oxygen atoms in total. The van der Waals surface area contributed by atoms with E-state index >= 15 is 0 Å². The summed E-state index contributed by atoms with van der Waals surface area (Å²) in [7, 11) is 0. The Morgan fingerprint density at radius 3 is 3.12 bits per heavy atom. The third kappa shape index (κ3) is 2.03. The molecule has 0 radical (unpaired) electrons. The number of aliphatic hydroxyl groups is 1. The monoisotopic (exact) mass is 229 g/mol. The van der Waals surface area contributed by atoms with Crippen molar-refractivity contribution in [3.8, 4) is 0 Å². The number of nitrogens with two attached hydrogens (primary N) is 1. The van der Waals surface area contributed by atoms with Crippen LogP contribution in [0.2, 0.25) is 0 Å². The number of amides is 2. The van der Waals surface area contributed by atoms with Gasteiger partial charge in [-0.05, 0) is 12.5 Å². The van der Waals surface area contributed by atoms with Crippen LogP contribution >= 0.6 is 0 Å². The zero-order valence-corrected chi connectivity index (χ0v) is 8.92. The van der Waals surface area contributed by atoms with Gasteiger partial charge in [-0.2, -0.15) is 0 Å². The Morgan fingerprint density at radius 1 is 1.75 bits per heavy atom.